The van der Waals surface area contributed by atoms with Crippen LogP contribution in [0.5, 0.6) is 5.75 Å². The number of amides is 1. The summed E-state index contributed by atoms with van der Waals surface area (Å²) < 4.78 is 36.8. The predicted octanol–water partition coefficient (Wildman–Crippen LogP) is 5.34. The number of ether oxygens (including phenoxy) is 1. The van der Waals surface area contributed by atoms with Crippen molar-refractivity contribution in [2.24, 2.45) is 0 Å². The van der Waals surface area contributed by atoms with Crippen LogP contribution in [-0.4, -0.2) is 66.2 Å². The number of nitrogens with zero attached hydrogens (tertiary/aromatic N) is 3. The van der Waals surface area contributed by atoms with Crippen LogP contribution in [0.25, 0.3) is 26.4 Å². The van der Waals surface area contributed by atoms with E-state index >= 15 is 4.39 Å². The molecule has 4 aromatic rings. The fraction of sp³-hybridized carbons (Fsp3) is 0.448. The van der Waals surface area contributed by atoms with Crippen molar-refractivity contribution in [3.8, 4) is 17.0 Å². The molecule has 2 fully saturated rings. The van der Waals surface area contributed by atoms with E-state index in [1.54, 1.807) is 13.2 Å². The molecule has 2 saturated heterocycles. The van der Waals surface area contributed by atoms with Crippen LogP contribution in [0, 0.1) is 5.82 Å². The lowest BCUT2D eigenvalue weighted by atomic mass is 10.0. The van der Waals surface area contributed by atoms with Gasteiger partial charge in [-0.25, -0.2) is 13.8 Å². The fourth-order valence-corrected chi connectivity index (χ4v) is 6.68. The molecule has 0 spiro atoms. The summed E-state index contributed by atoms with van der Waals surface area (Å²) in [6.07, 6.45) is 5.27. The minimum atomic E-state index is -0.679. The number of rotatable bonds is 8. The van der Waals surface area contributed by atoms with Crippen molar-refractivity contribution in [1.29, 1.82) is 0 Å². The molecule has 1 amide bonds. The molecule has 2 aliphatic heterocycles. The topological polar surface area (TPSA) is 70.9 Å². The van der Waals surface area contributed by atoms with Crippen LogP contribution in [0.2, 0.25) is 0 Å². The van der Waals surface area contributed by atoms with E-state index in [2.05, 4.69) is 15.5 Å². The van der Waals surface area contributed by atoms with Crippen molar-refractivity contribution in [2.45, 2.75) is 44.3 Å². The van der Waals surface area contributed by atoms with Gasteiger partial charge in [0, 0.05) is 43.5 Å². The van der Waals surface area contributed by atoms with Crippen LogP contribution in [0.4, 0.5) is 8.78 Å². The Kier molecular flexibility index (Phi) is 7.51. The summed E-state index contributed by atoms with van der Waals surface area (Å²) in [5, 5.41) is 6.40. The first kappa shape index (κ1) is 26.2. The number of thiazole rings is 1. The van der Waals surface area contributed by atoms with Gasteiger partial charge in [-0.2, -0.15) is 0 Å². The molecule has 0 aliphatic carbocycles. The second kappa shape index (κ2) is 11.2. The summed E-state index contributed by atoms with van der Waals surface area (Å²) in [7, 11) is 1.55. The molecule has 39 heavy (non-hydrogen) atoms. The number of alkyl halides is 1. The molecular weight excluding hydrogens is 520 g/mol. The first-order valence-electron chi connectivity index (χ1n) is 13.7. The number of carbonyl (C=O) groups is 1. The number of piperidine rings is 1. The van der Waals surface area contributed by atoms with Gasteiger partial charge in [0.05, 0.1) is 28.6 Å². The van der Waals surface area contributed by atoms with Crippen molar-refractivity contribution in [3.05, 3.63) is 53.5 Å². The zero-order valence-corrected chi connectivity index (χ0v) is 22.8. The minimum absolute atomic E-state index is 0.193. The van der Waals surface area contributed by atoms with Gasteiger partial charge in [-0.3, -0.25) is 9.20 Å². The summed E-state index contributed by atoms with van der Waals surface area (Å²) in [6, 6.07) is 9.29. The monoisotopic (exact) mass is 553 g/mol. The van der Waals surface area contributed by atoms with Crippen LogP contribution in [-0.2, 0) is 0 Å². The zero-order valence-electron chi connectivity index (χ0n) is 22.0. The SMILES string of the molecule is COc1cc2c(cc1C(=O)NCCCN1CCC(F)CC1)sc1nc(-c3ccc(C4CCCN4)cc3F)cn12. The van der Waals surface area contributed by atoms with Crippen molar-refractivity contribution in [2.75, 3.05) is 39.8 Å². The van der Waals surface area contributed by atoms with E-state index in [4.69, 9.17) is 9.72 Å². The van der Waals surface area contributed by atoms with Crippen molar-refractivity contribution >= 4 is 32.4 Å². The number of nitrogens with one attached hydrogen (secondary N) is 2. The van der Waals surface area contributed by atoms with Crippen molar-refractivity contribution < 1.29 is 18.3 Å². The third kappa shape index (κ3) is 5.37. The van der Waals surface area contributed by atoms with Gasteiger partial charge >= 0.3 is 0 Å². The van der Waals surface area contributed by atoms with Crippen molar-refractivity contribution in [1.82, 2.24) is 24.9 Å². The van der Waals surface area contributed by atoms with Crippen LogP contribution in [0.15, 0.2) is 36.5 Å². The zero-order chi connectivity index (χ0) is 26.9. The Labute approximate surface area is 230 Å². The lowest BCUT2D eigenvalue weighted by Crippen LogP contribution is -2.36. The van der Waals surface area contributed by atoms with E-state index in [-0.39, 0.29) is 17.8 Å². The number of likely N-dealkylation sites (tertiary alicyclic amines) is 1. The third-order valence-electron chi connectivity index (χ3n) is 7.85. The molecule has 0 bridgehead atoms. The summed E-state index contributed by atoms with van der Waals surface area (Å²) in [5.41, 5.74) is 3.33. The van der Waals surface area contributed by atoms with Crippen LogP contribution < -0.4 is 15.4 Å². The van der Waals surface area contributed by atoms with Gasteiger partial charge in [-0.1, -0.05) is 17.4 Å². The number of fused-ring (bicyclic) bond motifs is 3. The van der Waals surface area contributed by atoms with Gasteiger partial charge in [-0.05, 0) is 69.0 Å². The Morgan fingerprint density at radius 3 is 2.82 bits per heavy atom. The summed E-state index contributed by atoms with van der Waals surface area (Å²) in [4.78, 5) is 20.7. The average molecular weight is 554 g/mol. The number of imidazole rings is 1. The van der Waals surface area contributed by atoms with Crippen LogP contribution >= 0.6 is 11.3 Å². The van der Waals surface area contributed by atoms with Gasteiger partial charge < -0.3 is 20.3 Å². The van der Waals surface area contributed by atoms with Gasteiger partial charge in [-0.15, -0.1) is 0 Å². The first-order valence-corrected chi connectivity index (χ1v) is 14.5. The molecule has 6 rings (SSSR count). The number of aromatic nitrogens is 2. The number of halogens is 2. The number of hydrogen-bond acceptors (Lipinski definition) is 6. The van der Waals surface area contributed by atoms with E-state index in [1.165, 1.54) is 11.3 Å². The summed E-state index contributed by atoms with van der Waals surface area (Å²) in [6.45, 7) is 3.89. The number of methoxy groups -OCH3 is 1. The molecule has 1 atom stereocenters. The molecule has 4 heterocycles. The first-order chi connectivity index (χ1) is 19.0. The van der Waals surface area contributed by atoms with Crippen molar-refractivity contribution in [3.63, 3.8) is 0 Å². The Morgan fingerprint density at radius 1 is 1.23 bits per heavy atom. The average Bonchev–Trinajstić information content (AvgIpc) is 3.68. The smallest absolute Gasteiger partial charge is 0.255 e. The van der Waals surface area contributed by atoms with Crippen LogP contribution in [0.3, 0.4) is 0 Å². The molecule has 0 saturated carbocycles. The number of benzene rings is 2. The standard InChI is InChI=1S/C29H33F2N5O2S/c1-38-26-16-25-27(15-21(26)28(37)33-10-3-11-35-12-7-19(30)8-13-35)39-29-34-24(17-36(25)29)20-6-5-18(14-22(20)31)23-4-2-9-32-23/h5-6,14-17,19,23,32H,2-4,7-13H2,1H3,(H,33,37). The van der Waals surface area contributed by atoms with E-state index in [9.17, 15) is 9.18 Å². The highest BCUT2D eigenvalue weighted by Gasteiger charge is 2.21. The maximum atomic E-state index is 15.1. The largest absolute Gasteiger partial charge is 0.496 e. The fourth-order valence-electron chi connectivity index (χ4n) is 5.65. The Bertz CT molecular complexity index is 1490. The lowest BCUT2D eigenvalue weighted by molar-refractivity contribution is 0.0947. The third-order valence-corrected chi connectivity index (χ3v) is 8.86. The van der Waals surface area contributed by atoms with E-state index in [0.717, 1.165) is 66.2 Å². The normalized spacial score (nSPS) is 18.8. The van der Waals surface area contributed by atoms with Gasteiger partial charge in [0.25, 0.3) is 5.91 Å². The predicted molar refractivity (Wildman–Crippen MR) is 150 cm³/mol. The highest BCUT2D eigenvalue weighted by molar-refractivity contribution is 7.23. The van der Waals surface area contributed by atoms with E-state index < -0.39 is 6.17 Å². The van der Waals surface area contributed by atoms with Gasteiger partial charge in [0.15, 0.2) is 4.96 Å². The molecule has 0 radical (unpaired) electrons. The molecule has 2 aromatic heterocycles. The van der Waals surface area contributed by atoms with E-state index in [1.807, 2.05) is 34.9 Å². The maximum absolute atomic E-state index is 15.1. The highest BCUT2D eigenvalue weighted by atomic mass is 32.1. The second-order valence-corrected chi connectivity index (χ2v) is 11.4. The lowest BCUT2D eigenvalue weighted by Gasteiger charge is -2.28. The molecule has 1 unspecified atom stereocenters. The Morgan fingerprint density at radius 2 is 2.08 bits per heavy atom. The molecule has 2 aliphatic rings. The molecule has 10 heteroatoms. The van der Waals surface area contributed by atoms with Gasteiger partial charge in [0.2, 0.25) is 0 Å². The Hall–Kier alpha value is -3.08. The minimum Gasteiger partial charge on any atom is -0.496 e. The number of carbonyl (C=O) groups excluding carboxylic acids is 1. The molecule has 2 aromatic carbocycles. The van der Waals surface area contributed by atoms with Gasteiger partial charge in [0.1, 0.15) is 17.7 Å². The molecule has 7 nitrogen and oxygen atoms in total. The molecule has 2 N–H and O–H groups in total. The maximum Gasteiger partial charge on any atom is 0.255 e. The summed E-state index contributed by atoms with van der Waals surface area (Å²) >= 11 is 1.45. The second-order valence-electron chi connectivity index (χ2n) is 10.4. The van der Waals surface area contributed by atoms with E-state index in [0.29, 0.717) is 42.0 Å². The highest BCUT2D eigenvalue weighted by Crippen LogP contribution is 2.35. The van der Waals surface area contributed by atoms with Crippen LogP contribution in [0.1, 0.15) is 54.1 Å². The molecule has 206 valence electrons. The quantitative estimate of drug-likeness (QED) is 0.288. The molecular formula is C29H33F2N5O2S. The summed E-state index contributed by atoms with van der Waals surface area (Å²) in [5.74, 6) is 0.00103. The Balaban J connectivity index is 1.18. The number of hydrogen-bond donors (Lipinski definition) is 2.